The van der Waals surface area contributed by atoms with Gasteiger partial charge < -0.3 is 9.84 Å². The van der Waals surface area contributed by atoms with Crippen LogP contribution in [0.2, 0.25) is 5.02 Å². The van der Waals surface area contributed by atoms with E-state index in [2.05, 4.69) is 27.4 Å². The van der Waals surface area contributed by atoms with E-state index in [0.29, 0.717) is 22.7 Å². The second-order valence-corrected chi connectivity index (χ2v) is 6.89. The normalized spacial score (nSPS) is 21.1. The second-order valence-electron chi connectivity index (χ2n) is 6.45. The zero-order valence-corrected chi connectivity index (χ0v) is 14.3. The Balaban J connectivity index is 1.75. The lowest BCUT2D eigenvalue weighted by atomic mass is 9.86. The van der Waals surface area contributed by atoms with E-state index in [1.807, 2.05) is 24.3 Å². The van der Waals surface area contributed by atoms with E-state index in [9.17, 15) is 0 Å². The van der Waals surface area contributed by atoms with Gasteiger partial charge in [-0.3, -0.25) is 0 Å². The number of fused-ring (bicyclic) bond motifs is 1. The highest BCUT2D eigenvalue weighted by atomic mass is 35.5. The number of hydrogen-bond acceptors (Lipinski definition) is 5. The van der Waals surface area contributed by atoms with Crippen molar-refractivity contribution >= 4 is 28.5 Å². The highest BCUT2D eigenvalue weighted by Gasteiger charge is 2.24. The van der Waals surface area contributed by atoms with E-state index in [1.54, 1.807) is 0 Å². The maximum absolute atomic E-state index is 5.99. The summed E-state index contributed by atoms with van der Waals surface area (Å²) in [7, 11) is 0. The first kappa shape index (κ1) is 15.4. The van der Waals surface area contributed by atoms with Crippen LogP contribution in [-0.2, 0) is 0 Å². The van der Waals surface area contributed by atoms with Crippen LogP contribution in [0.15, 0.2) is 35.1 Å². The summed E-state index contributed by atoms with van der Waals surface area (Å²) in [5.41, 5.74) is 2.18. The fourth-order valence-electron chi connectivity index (χ4n) is 3.41. The second kappa shape index (κ2) is 6.40. The van der Waals surface area contributed by atoms with Gasteiger partial charge in [-0.05, 0) is 30.9 Å². The number of hydrogen-bond donors (Lipinski definition) is 1. The molecular weight excluding hydrogens is 324 g/mol. The highest BCUT2D eigenvalue weighted by molar-refractivity contribution is 6.30. The molecule has 0 spiro atoms. The molecule has 0 bridgehead atoms. The Hall–Kier alpha value is -2.14. The van der Waals surface area contributed by atoms with Gasteiger partial charge in [-0.2, -0.15) is 4.98 Å². The Bertz CT molecular complexity index is 846. The zero-order chi connectivity index (χ0) is 16.5. The predicted molar refractivity (Wildman–Crippen MR) is 95.1 cm³/mol. The van der Waals surface area contributed by atoms with Gasteiger partial charge in [0.05, 0.1) is 0 Å². The first-order valence-electron chi connectivity index (χ1n) is 8.35. The van der Waals surface area contributed by atoms with Crippen molar-refractivity contribution in [2.45, 2.75) is 38.6 Å². The van der Waals surface area contributed by atoms with Gasteiger partial charge in [0.25, 0.3) is 5.71 Å². The standard InChI is InChI=1S/C18H19ClN4O/c1-11-4-2-3-5-14(11)22-17-15-16(12-6-8-13(19)9-7-12)23-24-18(15)21-10-20-17/h6-11,14H,2-5H2,1H3,(H,20,21,22). The molecule has 1 saturated carbocycles. The molecule has 0 aliphatic heterocycles. The van der Waals surface area contributed by atoms with Gasteiger partial charge in [0, 0.05) is 16.6 Å². The van der Waals surface area contributed by atoms with Crippen molar-refractivity contribution in [3.63, 3.8) is 0 Å². The Kier molecular flexibility index (Phi) is 4.10. The van der Waals surface area contributed by atoms with Gasteiger partial charge in [-0.15, -0.1) is 0 Å². The van der Waals surface area contributed by atoms with Crippen molar-refractivity contribution in [1.82, 2.24) is 15.1 Å². The molecule has 0 radical (unpaired) electrons. The molecule has 1 aliphatic rings. The minimum absolute atomic E-state index is 0.421. The van der Waals surface area contributed by atoms with Gasteiger partial charge in [-0.1, -0.05) is 48.7 Å². The summed E-state index contributed by atoms with van der Waals surface area (Å²) in [6.45, 7) is 2.29. The summed E-state index contributed by atoms with van der Waals surface area (Å²) in [6, 6.07) is 7.97. The molecule has 124 valence electrons. The Labute approximate surface area is 145 Å². The average Bonchev–Trinajstić information content (AvgIpc) is 3.03. The molecule has 1 aromatic carbocycles. The third-order valence-corrected chi connectivity index (χ3v) is 5.08. The molecule has 4 rings (SSSR count). The van der Waals surface area contributed by atoms with Crippen LogP contribution in [-0.4, -0.2) is 21.2 Å². The summed E-state index contributed by atoms with van der Waals surface area (Å²) in [4.78, 5) is 8.67. The van der Waals surface area contributed by atoms with E-state index >= 15 is 0 Å². The first-order chi connectivity index (χ1) is 11.7. The summed E-state index contributed by atoms with van der Waals surface area (Å²) >= 11 is 5.99. The minimum Gasteiger partial charge on any atom is -0.366 e. The van der Waals surface area contributed by atoms with E-state index in [4.69, 9.17) is 16.1 Å². The monoisotopic (exact) mass is 342 g/mol. The molecule has 1 fully saturated rings. The van der Waals surface area contributed by atoms with Crippen molar-refractivity contribution < 1.29 is 4.52 Å². The van der Waals surface area contributed by atoms with Crippen LogP contribution < -0.4 is 5.32 Å². The minimum atomic E-state index is 0.421. The largest absolute Gasteiger partial charge is 0.366 e. The Morgan fingerprint density at radius 3 is 2.71 bits per heavy atom. The maximum atomic E-state index is 5.99. The number of aromatic nitrogens is 3. The highest BCUT2D eigenvalue weighted by Crippen LogP contribution is 2.34. The SMILES string of the molecule is CC1CCCCC1Nc1ncnc2onc(-c3ccc(Cl)cc3)c12. The van der Waals surface area contributed by atoms with Crippen molar-refractivity contribution in [2.75, 3.05) is 5.32 Å². The van der Waals surface area contributed by atoms with Gasteiger partial charge >= 0.3 is 0 Å². The lowest BCUT2D eigenvalue weighted by Crippen LogP contribution is -2.30. The number of nitrogens with one attached hydrogen (secondary N) is 1. The topological polar surface area (TPSA) is 63.8 Å². The van der Waals surface area contributed by atoms with E-state index < -0.39 is 0 Å². The van der Waals surface area contributed by atoms with Crippen LogP contribution in [0.4, 0.5) is 5.82 Å². The molecule has 0 amide bonds. The Morgan fingerprint density at radius 1 is 1.12 bits per heavy atom. The van der Waals surface area contributed by atoms with Crippen molar-refractivity contribution in [3.05, 3.63) is 35.6 Å². The van der Waals surface area contributed by atoms with Crippen LogP contribution in [0.5, 0.6) is 0 Å². The van der Waals surface area contributed by atoms with Gasteiger partial charge in [0.1, 0.15) is 23.2 Å². The molecule has 0 saturated heterocycles. The van der Waals surface area contributed by atoms with E-state index in [1.165, 1.54) is 25.6 Å². The smallest absolute Gasteiger partial charge is 0.263 e. The first-order valence-corrected chi connectivity index (χ1v) is 8.73. The number of benzene rings is 1. The molecule has 2 atom stereocenters. The van der Waals surface area contributed by atoms with Gasteiger partial charge in [0.15, 0.2) is 0 Å². The summed E-state index contributed by atoms with van der Waals surface area (Å²) < 4.78 is 5.42. The Morgan fingerprint density at radius 2 is 1.92 bits per heavy atom. The lowest BCUT2D eigenvalue weighted by molar-refractivity contribution is 0.349. The van der Waals surface area contributed by atoms with Crippen LogP contribution in [0.25, 0.3) is 22.4 Å². The number of rotatable bonds is 3. The van der Waals surface area contributed by atoms with Crippen LogP contribution >= 0.6 is 11.6 Å². The lowest BCUT2D eigenvalue weighted by Gasteiger charge is -2.30. The maximum Gasteiger partial charge on any atom is 0.263 e. The molecule has 24 heavy (non-hydrogen) atoms. The van der Waals surface area contributed by atoms with Crippen LogP contribution in [0, 0.1) is 5.92 Å². The van der Waals surface area contributed by atoms with Gasteiger partial charge in [0.2, 0.25) is 0 Å². The number of nitrogens with zero attached hydrogens (tertiary/aromatic N) is 3. The molecular formula is C18H19ClN4O. The molecule has 3 aromatic rings. The van der Waals surface area contributed by atoms with E-state index in [0.717, 1.165) is 28.9 Å². The van der Waals surface area contributed by atoms with Crippen molar-refractivity contribution in [3.8, 4) is 11.3 Å². The zero-order valence-electron chi connectivity index (χ0n) is 13.5. The molecule has 2 unspecified atom stereocenters. The predicted octanol–water partition coefficient (Wildman–Crippen LogP) is 4.93. The average molecular weight is 343 g/mol. The molecule has 1 N–H and O–H groups in total. The van der Waals surface area contributed by atoms with Crippen LogP contribution in [0.3, 0.4) is 0 Å². The van der Waals surface area contributed by atoms with Crippen molar-refractivity contribution in [1.29, 1.82) is 0 Å². The van der Waals surface area contributed by atoms with E-state index in [-0.39, 0.29) is 0 Å². The molecule has 2 heterocycles. The molecule has 5 nitrogen and oxygen atoms in total. The van der Waals surface area contributed by atoms with Gasteiger partial charge in [-0.25, -0.2) is 4.98 Å². The quantitative estimate of drug-likeness (QED) is 0.731. The molecule has 1 aliphatic carbocycles. The fraction of sp³-hybridized carbons (Fsp3) is 0.389. The summed E-state index contributed by atoms with van der Waals surface area (Å²) in [5, 5.41) is 9.33. The van der Waals surface area contributed by atoms with Crippen LogP contribution in [0.1, 0.15) is 32.6 Å². The third kappa shape index (κ3) is 2.84. The number of anilines is 1. The number of halogens is 1. The third-order valence-electron chi connectivity index (χ3n) is 4.82. The molecule has 6 heteroatoms. The molecule has 2 aromatic heterocycles. The summed E-state index contributed by atoms with van der Waals surface area (Å²) in [5.74, 6) is 1.42. The fourth-order valence-corrected chi connectivity index (χ4v) is 3.53. The summed E-state index contributed by atoms with van der Waals surface area (Å²) in [6.07, 6.45) is 6.49. The van der Waals surface area contributed by atoms with Crippen molar-refractivity contribution in [2.24, 2.45) is 5.92 Å².